The maximum atomic E-state index is 11.1. The molecule has 0 saturated carbocycles. The Kier molecular flexibility index (Phi) is 3.68. The molecule has 0 aliphatic rings. The van der Waals surface area contributed by atoms with Gasteiger partial charge in [0.1, 0.15) is 5.82 Å². The Hall–Kier alpha value is -1.32. The van der Waals surface area contributed by atoms with Crippen molar-refractivity contribution in [1.82, 2.24) is 9.97 Å². The third-order valence-corrected chi connectivity index (χ3v) is 1.67. The zero-order chi connectivity index (χ0) is 10.6. The molecular weight excluding hydrogens is 180 g/mol. The lowest BCUT2D eigenvalue weighted by Crippen LogP contribution is -2.13. The summed E-state index contributed by atoms with van der Waals surface area (Å²) in [5.41, 5.74) is -0.157. The third-order valence-electron chi connectivity index (χ3n) is 1.67. The largest absolute Gasteiger partial charge is 0.477 e. The van der Waals surface area contributed by atoms with Gasteiger partial charge in [0.15, 0.2) is 0 Å². The Morgan fingerprint density at radius 2 is 2.29 bits per heavy atom. The van der Waals surface area contributed by atoms with Crippen LogP contribution in [0.25, 0.3) is 0 Å². The number of H-pyrrole nitrogens is 1. The molecule has 0 bridgehead atoms. The molecule has 1 rings (SSSR count). The number of aryl methyl sites for hydroxylation is 1. The van der Waals surface area contributed by atoms with Gasteiger partial charge in [-0.05, 0) is 5.92 Å². The topological polar surface area (TPSA) is 55.0 Å². The molecule has 0 spiro atoms. The van der Waals surface area contributed by atoms with Crippen molar-refractivity contribution < 1.29 is 4.74 Å². The zero-order valence-corrected chi connectivity index (χ0v) is 8.83. The Morgan fingerprint density at radius 3 is 2.86 bits per heavy atom. The van der Waals surface area contributed by atoms with E-state index in [1.54, 1.807) is 0 Å². The predicted molar refractivity (Wildman–Crippen MR) is 54.6 cm³/mol. The van der Waals surface area contributed by atoms with Crippen molar-refractivity contribution in [3.8, 4) is 5.88 Å². The number of nitrogens with zero attached hydrogens (tertiary/aromatic N) is 1. The van der Waals surface area contributed by atoms with Gasteiger partial charge < -0.3 is 9.72 Å². The summed E-state index contributed by atoms with van der Waals surface area (Å²) in [6.07, 6.45) is 0.702. The van der Waals surface area contributed by atoms with Gasteiger partial charge in [0, 0.05) is 6.42 Å². The first-order chi connectivity index (χ1) is 6.61. The minimum Gasteiger partial charge on any atom is -0.477 e. The van der Waals surface area contributed by atoms with Gasteiger partial charge in [-0.3, -0.25) is 4.79 Å². The van der Waals surface area contributed by atoms with Crippen LogP contribution in [-0.4, -0.2) is 16.6 Å². The standard InChI is InChI=1S/C10H16N2O2/c1-4-8-11-9(13)5-10(12-8)14-6-7(2)3/h5,7H,4,6H2,1-3H3,(H,11,12,13). The number of hydrogen-bond donors (Lipinski definition) is 1. The van der Waals surface area contributed by atoms with Crippen LogP contribution in [0, 0.1) is 5.92 Å². The number of aromatic amines is 1. The summed E-state index contributed by atoms with van der Waals surface area (Å²) >= 11 is 0. The normalized spacial score (nSPS) is 10.6. The van der Waals surface area contributed by atoms with Gasteiger partial charge in [-0.25, -0.2) is 4.98 Å². The van der Waals surface area contributed by atoms with Crippen LogP contribution >= 0.6 is 0 Å². The average Bonchev–Trinajstić information content (AvgIpc) is 2.14. The highest BCUT2D eigenvalue weighted by Crippen LogP contribution is 2.04. The molecule has 0 unspecified atom stereocenters. The quantitative estimate of drug-likeness (QED) is 0.791. The zero-order valence-electron chi connectivity index (χ0n) is 8.83. The number of nitrogens with one attached hydrogen (secondary N) is 1. The Morgan fingerprint density at radius 1 is 1.57 bits per heavy atom. The van der Waals surface area contributed by atoms with Gasteiger partial charge >= 0.3 is 0 Å². The van der Waals surface area contributed by atoms with Crippen molar-refractivity contribution in [3.63, 3.8) is 0 Å². The summed E-state index contributed by atoms with van der Waals surface area (Å²) in [5.74, 6) is 1.51. The lowest BCUT2D eigenvalue weighted by molar-refractivity contribution is 0.260. The third kappa shape index (κ3) is 3.20. The SMILES string of the molecule is CCc1nc(OCC(C)C)cc(=O)[nH]1. The van der Waals surface area contributed by atoms with Gasteiger partial charge in [-0.1, -0.05) is 20.8 Å². The smallest absolute Gasteiger partial charge is 0.254 e. The molecule has 0 radical (unpaired) electrons. The van der Waals surface area contributed by atoms with E-state index in [0.29, 0.717) is 30.7 Å². The monoisotopic (exact) mass is 196 g/mol. The molecule has 1 aromatic rings. The van der Waals surface area contributed by atoms with E-state index in [4.69, 9.17) is 4.74 Å². The fourth-order valence-electron chi connectivity index (χ4n) is 0.977. The summed E-state index contributed by atoms with van der Waals surface area (Å²) in [6, 6.07) is 1.38. The predicted octanol–water partition coefficient (Wildman–Crippen LogP) is 1.37. The first-order valence-corrected chi connectivity index (χ1v) is 4.85. The van der Waals surface area contributed by atoms with E-state index in [1.165, 1.54) is 6.07 Å². The maximum Gasteiger partial charge on any atom is 0.254 e. The molecule has 0 fully saturated rings. The summed E-state index contributed by atoms with van der Waals surface area (Å²) in [6.45, 7) is 6.62. The second kappa shape index (κ2) is 4.79. The second-order valence-electron chi connectivity index (χ2n) is 3.59. The molecule has 1 aromatic heterocycles. The van der Waals surface area contributed by atoms with Crippen LogP contribution in [-0.2, 0) is 6.42 Å². The Labute approximate surface area is 83.3 Å². The van der Waals surface area contributed by atoms with Gasteiger partial charge in [0.05, 0.1) is 12.7 Å². The van der Waals surface area contributed by atoms with Gasteiger partial charge in [-0.15, -0.1) is 0 Å². The molecule has 14 heavy (non-hydrogen) atoms. The molecule has 78 valence electrons. The van der Waals surface area contributed by atoms with Crippen LogP contribution in [0.4, 0.5) is 0 Å². The summed E-state index contributed by atoms with van der Waals surface area (Å²) in [5, 5.41) is 0. The van der Waals surface area contributed by atoms with Crippen LogP contribution < -0.4 is 10.3 Å². The summed E-state index contributed by atoms with van der Waals surface area (Å²) < 4.78 is 5.36. The van der Waals surface area contributed by atoms with Crippen molar-refractivity contribution in [2.75, 3.05) is 6.61 Å². The number of aromatic nitrogens is 2. The van der Waals surface area contributed by atoms with Crippen LogP contribution in [0.5, 0.6) is 5.88 Å². The van der Waals surface area contributed by atoms with E-state index in [0.717, 1.165) is 0 Å². The van der Waals surface area contributed by atoms with E-state index >= 15 is 0 Å². The summed E-state index contributed by atoms with van der Waals surface area (Å²) in [4.78, 5) is 17.9. The first-order valence-electron chi connectivity index (χ1n) is 4.85. The van der Waals surface area contributed by atoms with Crippen molar-refractivity contribution in [2.45, 2.75) is 27.2 Å². The highest BCUT2D eigenvalue weighted by molar-refractivity contribution is 5.08. The van der Waals surface area contributed by atoms with Crippen LogP contribution in [0.3, 0.4) is 0 Å². The first kappa shape index (κ1) is 10.8. The van der Waals surface area contributed by atoms with Crippen LogP contribution in [0.2, 0.25) is 0 Å². The fourth-order valence-corrected chi connectivity index (χ4v) is 0.977. The number of ether oxygens (including phenoxy) is 1. The molecule has 0 aromatic carbocycles. The Balaban J connectivity index is 2.76. The summed E-state index contributed by atoms with van der Waals surface area (Å²) in [7, 11) is 0. The van der Waals surface area contributed by atoms with Crippen LogP contribution in [0.15, 0.2) is 10.9 Å². The molecule has 1 N–H and O–H groups in total. The van der Waals surface area contributed by atoms with E-state index < -0.39 is 0 Å². The van der Waals surface area contributed by atoms with Crippen molar-refractivity contribution >= 4 is 0 Å². The van der Waals surface area contributed by atoms with E-state index in [9.17, 15) is 4.79 Å². The van der Waals surface area contributed by atoms with E-state index in [2.05, 4.69) is 9.97 Å². The molecule has 1 heterocycles. The second-order valence-corrected chi connectivity index (χ2v) is 3.59. The lowest BCUT2D eigenvalue weighted by Gasteiger charge is -2.07. The van der Waals surface area contributed by atoms with Gasteiger partial charge in [0.2, 0.25) is 5.88 Å². The average molecular weight is 196 g/mol. The number of rotatable bonds is 4. The van der Waals surface area contributed by atoms with E-state index in [1.807, 2.05) is 20.8 Å². The molecule has 0 saturated heterocycles. The van der Waals surface area contributed by atoms with Crippen molar-refractivity contribution in [2.24, 2.45) is 5.92 Å². The van der Waals surface area contributed by atoms with Gasteiger partial charge in [0.25, 0.3) is 5.56 Å². The van der Waals surface area contributed by atoms with Crippen LogP contribution in [0.1, 0.15) is 26.6 Å². The molecule has 4 nitrogen and oxygen atoms in total. The maximum absolute atomic E-state index is 11.1. The molecule has 4 heteroatoms. The van der Waals surface area contributed by atoms with Crippen molar-refractivity contribution in [1.29, 1.82) is 0 Å². The highest BCUT2D eigenvalue weighted by Gasteiger charge is 2.01. The molecular formula is C10H16N2O2. The molecule has 0 aliphatic carbocycles. The minimum absolute atomic E-state index is 0.157. The minimum atomic E-state index is -0.157. The van der Waals surface area contributed by atoms with Crippen molar-refractivity contribution in [3.05, 3.63) is 22.2 Å². The number of hydrogen-bond acceptors (Lipinski definition) is 3. The fraction of sp³-hybridized carbons (Fsp3) is 0.600. The Bertz CT molecular complexity index is 344. The highest BCUT2D eigenvalue weighted by atomic mass is 16.5. The van der Waals surface area contributed by atoms with Gasteiger partial charge in [-0.2, -0.15) is 0 Å². The lowest BCUT2D eigenvalue weighted by atomic mass is 10.2. The molecule has 0 amide bonds. The molecule has 0 atom stereocenters. The molecule has 0 aliphatic heterocycles. The van der Waals surface area contributed by atoms with E-state index in [-0.39, 0.29) is 5.56 Å².